The predicted molar refractivity (Wildman–Crippen MR) is 84.9 cm³/mol. The van der Waals surface area contributed by atoms with Crippen molar-refractivity contribution < 1.29 is 9.59 Å². The summed E-state index contributed by atoms with van der Waals surface area (Å²) in [6, 6.07) is 6.93. The van der Waals surface area contributed by atoms with Gasteiger partial charge in [-0.3, -0.25) is 14.3 Å². The van der Waals surface area contributed by atoms with Gasteiger partial charge in [0.05, 0.1) is 0 Å². The minimum Gasteiger partial charge on any atom is -0.350 e. The van der Waals surface area contributed by atoms with E-state index in [0.29, 0.717) is 16.9 Å². The lowest BCUT2D eigenvalue weighted by molar-refractivity contribution is 0.0941. The van der Waals surface area contributed by atoms with E-state index in [1.807, 2.05) is 26.8 Å². The lowest BCUT2D eigenvalue weighted by atomic mass is 10.1. The lowest BCUT2D eigenvalue weighted by Crippen LogP contribution is -2.30. The summed E-state index contributed by atoms with van der Waals surface area (Å²) in [5, 5.41) is 9.62. The van der Waals surface area contributed by atoms with Crippen LogP contribution in [0.3, 0.4) is 0 Å². The van der Waals surface area contributed by atoms with Crippen molar-refractivity contribution in [3.05, 3.63) is 47.3 Å². The Balaban J connectivity index is 2.22. The van der Waals surface area contributed by atoms with Crippen LogP contribution in [0.15, 0.2) is 30.5 Å². The Hall–Kier alpha value is -2.63. The molecule has 1 heterocycles. The van der Waals surface area contributed by atoms with Crippen LogP contribution in [0.4, 0.5) is 5.69 Å². The lowest BCUT2D eigenvalue weighted by Gasteiger charge is -2.12. The maximum absolute atomic E-state index is 12.2. The van der Waals surface area contributed by atoms with Gasteiger partial charge in [-0.1, -0.05) is 6.07 Å². The quantitative estimate of drug-likeness (QED) is 0.908. The first kappa shape index (κ1) is 15.8. The topological polar surface area (TPSA) is 76.0 Å². The molecule has 116 valence electrons. The van der Waals surface area contributed by atoms with Gasteiger partial charge in [0.1, 0.15) is 5.69 Å². The molecule has 0 atom stereocenters. The second kappa shape index (κ2) is 6.43. The summed E-state index contributed by atoms with van der Waals surface area (Å²) in [5.74, 6) is -0.421. The number of anilines is 1. The standard InChI is InChI=1S/C16H20N4O2/c1-10(2)18-15(21)12-6-5-11(3)13(9-12)19-16(22)14-7-8-17-20(14)4/h5-10H,1-4H3,(H,18,21)(H,19,22). The van der Waals surface area contributed by atoms with Crippen molar-refractivity contribution in [1.29, 1.82) is 0 Å². The number of hydrogen-bond acceptors (Lipinski definition) is 3. The number of aromatic nitrogens is 2. The zero-order valence-electron chi connectivity index (χ0n) is 13.2. The Bertz CT molecular complexity index is 704. The molecule has 0 bridgehead atoms. The molecule has 1 aromatic carbocycles. The molecule has 22 heavy (non-hydrogen) atoms. The Kier molecular flexibility index (Phi) is 4.60. The van der Waals surface area contributed by atoms with Gasteiger partial charge >= 0.3 is 0 Å². The minimum atomic E-state index is -0.260. The fraction of sp³-hybridized carbons (Fsp3) is 0.312. The summed E-state index contributed by atoms with van der Waals surface area (Å²) in [5.41, 5.74) is 2.47. The molecule has 0 aliphatic rings. The first-order chi connectivity index (χ1) is 10.4. The molecule has 1 aromatic heterocycles. The maximum Gasteiger partial charge on any atom is 0.273 e. The maximum atomic E-state index is 12.2. The third-order valence-electron chi connectivity index (χ3n) is 3.22. The number of benzene rings is 1. The van der Waals surface area contributed by atoms with Crippen LogP contribution in [-0.2, 0) is 7.05 Å². The van der Waals surface area contributed by atoms with Crippen molar-refractivity contribution in [2.45, 2.75) is 26.8 Å². The molecule has 6 nitrogen and oxygen atoms in total. The average Bonchev–Trinajstić information content (AvgIpc) is 2.86. The molecule has 0 saturated heterocycles. The molecule has 2 aromatic rings. The van der Waals surface area contributed by atoms with E-state index < -0.39 is 0 Å². The Labute approximate surface area is 129 Å². The van der Waals surface area contributed by atoms with E-state index in [4.69, 9.17) is 0 Å². The van der Waals surface area contributed by atoms with Gasteiger partial charge < -0.3 is 10.6 Å². The molecular weight excluding hydrogens is 280 g/mol. The van der Waals surface area contributed by atoms with E-state index in [1.165, 1.54) is 4.68 Å². The smallest absolute Gasteiger partial charge is 0.273 e. The van der Waals surface area contributed by atoms with E-state index in [2.05, 4.69) is 15.7 Å². The highest BCUT2D eigenvalue weighted by Crippen LogP contribution is 2.18. The first-order valence-corrected chi connectivity index (χ1v) is 7.09. The molecule has 0 spiro atoms. The van der Waals surface area contributed by atoms with E-state index >= 15 is 0 Å². The number of aryl methyl sites for hydroxylation is 2. The van der Waals surface area contributed by atoms with Crippen molar-refractivity contribution in [3.8, 4) is 0 Å². The highest BCUT2D eigenvalue weighted by Gasteiger charge is 2.13. The summed E-state index contributed by atoms with van der Waals surface area (Å²) in [7, 11) is 1.70. The van der Waals surface area contributed by atoms with Crippen LogP contribution in [0.2, 0.25) is 0 Å². The molecule has 2 amide bonds. The van der Waals surface area contributed by atoms with E-state index in [1.54, 1.807) is 31.4 Å². The zero-order valence-corrected chi connectivity index (χ0v) is 13.2. The Morgan fingerprint density at radius 3 is 2.50 bits per heavy atom. The van der Waals surface area contributed by atoms with Crippen LogP contribution >= 0.6 is 0 Å². The second-order valence-electron chi connectivity index (χ2n) is 5.45. The van der Waals surface area contributed by atoms with Gasteiger partial charge in [0.25, 0.3) is 11.8 Å². The summed E-state index contributed by atoms with van der Waals surface area (Å²) in [6.07, 6.45) is 1.56. The van der Waals surface area contributed by atoms with Crippen LogP contribution in [0.25, 0.3) is 0 Å². The molecule has 2 rings (SSSR count). The van der Waals surface area contributed by atoms with E-state index in [0.717, 1.165) is 5.56 Å². The molecular formula is C16H20N4O2. The van der Waals surface area contributed by atoms with Crippen LogP contribution in [0, 0.1) is 6.92 Å². The zero-order chi connectivity index (χ0) is 16.3. The molecule has 6 heteroatoms. The normalized spacial score (nSPS) is 10.6. The van der Waals surface area contributed by atoms with Gasteiger partial charge in [-0.25, -0.2) is 0 Å². The number of amides is 2. The van der Waals surface area contributed by atoms with Crippen molar-refractivity contribution in [2.75, 3.05) is 5.32 Å². The van der Waals surface area contributed by atoms with Gasteiger partial charge in [-0.15, -0.1) is 0 Å². The number of nitrogens with one attached hydrogen (secondary N) is 2. The van der Waals surface area contributed by atoms with Crippen LogP contribution < -0.4 is 10.6 Å². The number of carbonyl (C=O) groups excluding carboxylic acids is 2. The molecule has 0 aliphatic carbocycles. The van der Waals surface area contributed by atoms with Gasteiger partial charge in [0, 0.05) is 30.5 Å². The van der Waals surface area contributed by atoms with E-state index in [-0.39, 0.29) is 17.9 Å². The minimum absolute atomic E-state index is 0.0567. The molecule has 0 unspecified atom stereocenters. The number of nitrogens with zero attached hydrogens (tertiary/aromatic N) is 2. The summed E-state index contributed by atoms with van der Waals surface area (Å²) < 4.78 is 1.50. The highest BCUT2D eigenvalue weighted by molar-refractivity contribution is 6.04. The van der Waals surface area contributed by atoms with Crippen LogP contribution in [-0.4, -0.2) is 27.6 Å². The van der Waals surface area contributed by atoms with Gasteiger partial charge in [-0.05, 0) is 44.5 Å². The van der Waals surface area contributed by atoms with Gasteiger partial charge in [0.2, 0.25) is 0 Å². The number of rotatable bonds is 4. The highest BCUT2D eigenvalue weighted by atomic mass is 16.2. The fourth-order valence-electron chi connectivity index (χ4n) is 2.03. The van der Waals surface area contributed by atoms with Crippen LogP contribution in [0.1, 0.15) is 40.3 Å². The predicted octanol–water partition coefficient (Wildman–Crippen LogP) is 2.12. The average molecular weight is 300 g/mol. The molecule has 0 fully saturated rings. The van der Waals surface area contributed by atoms with Crippen molar-refractivity contribution in [2.24, 2.45) is 7.05 Å². The van der Waals surface area contributed by atoms with Crippen molar-refractivity contribution >= 4 is 17.5 Å². The molecule has 0 aliphatic heterocycles. The first-order valence-electron chi connectivity index (χ1n) is 7.09. The van der Waals surface area contributed by atoms with Crippen molar-refractivity contribution in [3.63, 3.8) is 0 Å². The van der Waals surface area contributed by atoms with Crippen molar-refractivity contribution in [1.82, 2.24) is 15.1 Å². The second-order valence-corrected chi connectivity index (χ2v) is 5.45. The molecule has 0 radical (unpaired) electrons. The monoisotopic (exact) mass is 300 g/mol. The SMILES string of the molecule is Cc1ccc(C(=O)NC(C)C)cc1NC(=O)c1ccnn1C. The number of carbonyl (C=O) groups is 2. The van der Waals surface area contributed by atoms with Gasteiger partial charge in [0.15, 0.2) is 0 Å². The summed E-state index contributed by atoms with van der Waals surface area (Å²) >= 11 is 0. The number of hydrogen-bond donors (Lipinski definition) is 2. The third-order valence-corrected chi connectivity index (χ3v) is 3.22. The van der Waals surface area contributed by atoms with E-state index in [9.17, 15) is 9.59 Å². The Morgan fingerprint density at radius 2 is 1.91 bits per heavy atom. The largest absolute Gasteiger partial charge is 0.350 e. The van der Waals surface area contributed by atoms with Gasteiger partial charge in [-0.2, -0.15) is 5.10 Å². The third kappa shape index (κ3) is 3.52. The summed E-state index contributed by atoms with van der Waals surface area (Å²) in [6.45, 7) is 5.68. The van der Waals surface area contributed by atoms with Crippen LogP contribution in [0.5, 0.6) is 0 Å². The molecule has 2 N–H and O–H groups in total. The fourth-order valence-corrected chi connectivity index (χ4v) is 2.03. The summed E-state index contributed by atoms with van der Waals surface area (Å²) in [4.78, 5) is 24.3. The Morgan fingerprint density at radius 1 is 1.18 bits per heavy atom. The molecule has 0 saturated carbocycles.